The van der Waals surface area contributed by atoms with Gasteiger partial charge in [0.1, 0.15) is 17.5 Å². The summed E-state index contributed by atoms with van der Waals surface area (Å²) in [5, 5.41) is 13.8. The first-order chi connectivity index (χ1) is 15.6. The molecule has 160 valence electrons. The molecular formula is C23H21N7O2. The zero-order valence-corrected chi connectivity index (χ0v) is 17.1. The van der Waals surface area contributed by atoms with E-state index < -0.39 is 5.91 Å². The molecule has 0 atom stereocenters. The van der Waals surface area contributed by atoms with Crippen molar-refractivity contribution in [3.05, 3.63) is 78.6 Å². The summed E-state index contributed by atoms with van der Waals surface area (Å²) < 4.78 is 4.00. The van der Waals surface area contributed by atoms with E-state index in [0.29, 0.717) is 18.9 Å². The maximum Gasteiger partial charge on any atom is 0.267 e. The molecule has 0 saturated carbocycles. The van der Waals surface area contributed by atoms with Gasteiger partial charge in [0.05, 0.1) is 24.4 Å². The van der Waals surface area contributed by atoms with Crippen LogP contribution in [0.25, 0.3) is 21.9 Å². The van der Waals surface area contributed by atoms with Crippen LogP contribution in [-0.4, -0.2) is 41.7 Å². The summed E-state index contributed by atoms with van der Waals surface area (Å²) in [6.07, 6.45) is 5.41. The number of primary amides is 1. The van der Waals surface area contributed by atoms with Gasteiger partial charge < -0.3 is 25.3 Å². The fraction of sp³-hybridized carbons (Fsp3) is 0.130. The van der Waals surface area contributed by atoms with Gasteiger partial charge in [-0.05, 0) is 42.5 Å². The van der Waals surface area contributed by atoms with Crippen LogP contribution in [0.5, 0.6) is 0 Å². The number of pyridine rings is 1. The fourth-order valence-corrected chi connectivity index (χ4v) is 3.85. The summed E-state index contributed by atoms with van der Waals surface area (Å²) in [6, 6.07) is 15.3. The average Bonchev–Trinajstić information content (AvgIpc) is 3.39. The van der Waals surface area contributed by atoms with Gasteiger partial charge in [-0.2, -0.15) is 0 Å². The summed E-state index contributed by atoms with van der Waals surface area (Å²) in [6.45, 7) is 1.03. The SMILES string of the molecule is NC(=O)c1cccc(Cn2ccc3cc(Nc4ncnc5ccn(CCO)c45)ccc32)n1. The van der Waals surface area contributed by atoms with Gasteiger partial charge in [0, 0.05) is 35.5 Å². The van der Waals surface area contributed by atoms with Crippen LogP contribution in [0, 0.1) is 0 Å². The number of anilines is 2. The summed E-state index contributed by atoms with van der Waals surface area (Å²) in [5.74, 6) is 0.142. The van der Waals surface area contributed by atoms with Gasteiger partial charge >= 0.3 is 0 Å². The maximum atomic E-state index is 11.4. The van der Waals surface area contributed by atoms with E-state index in [2.05, 4.69) is 24.8 Å². The molecule has 9 heteroatoms. The molecule has 4 heterocycles. The van der Waals surface area contributed by atoms with Crippen molar-refractivity contribution in [1.82, 2.24) is 24.1 Å². The number of carbonyl (C=O) groups is 1. The summed E-state index contributed by atoms with van der Waals surface area (Å²) >= 11 is 0. The van der Waals surface area contributed by atoms with Crippen molar-refractivity contribution in [2.24, 2.45) is 5.73 Å². The molecule has 0 unspecified atom stereocenters. The van der Waals surface area contributed by atoms with Crippen LogP contribution in [0.1, 0.15) is 16.2 Å². The quantitative estimate of drug-likeness (QED) is 0.367. The van der Waals surface area contributed by atoms with Crippen molar-refractivity contribution in [1.29, 1.82) is 0 Å². The molecular weight excluding hydrogens is 406 g/mol. The second-order valence-electron chi connectivity index (χ2n) is 7.41. The molecule has 0 saturated heterocycles. The third-order valence-electron chi connectivity index (χ3n) is 5.32. The van der Waals surface area contributed by atoms with Gasteiger partial charge in [0.25, 0.3) is 5.91 Å². The van der Waals surface area contributed by atoms with Gasteiger partial charge in [-0.1, -0.05) is 6.07 Å². The summed E-state index contributed by atoms with van der Waals surface area (Å²) in [4.78, 5) is 24.4. The smallest absolute Gasteiger partial charge is 0.267 e. The molecule has 4 N–H and O–H groups in total. The third-order valence-corrected chi connectivity index (χ3v) is 5.32. The lowest BCUT2D eigenvalue weighted by Crippen LogP contribution is -2.14. The highest BCUT2D eigenvalue weighted by molar-refractivity contribution is 5.91. The first-order valence-corrected chi connectivity index (χ1v) is 10.1. The standard InChI is InChI=1S/C23H21N7O2/c24-22(32)19-3-1-2-17(27-19)13-30-8-6-15-12-16(4-5-20(15)30)28-23-21-18(25-14-26-23)7-9-29(21)10-11-31/h1-9,12,14,31H,10-11,13H2,(H2,24,32)(H,25,26,28). The zero-order valence-electron chi connectivity index (χ0n) is 17.1. The largest absolute Gasteiger partial charge is 0.395 e. The minimum absolute atomic E-state index is 0.0365. The highest BCUT2D eigenvalue weighted by Crippen LogP contribution is 2.27. The Morgan fingerprint density at radius 2 is 1.94 bits per heavy atom. The monoisotopic (exact) mass is 427 g/mol. The minimum atomic E-state index is -0.538. The predicted octanol–water partition coefficient (Wildman–Crippen LogP) is 2.66. The topological polar surface area (TPSA) is 124 Å². The van der Waals surface area contributed by atoms with Crippen molar-refractivity contribution in [2.45, 2.75) is 13.1 Å². The average molecular weight is 427 g/mol. The van der Waals surface area contributed by atoms with E-state index in [0.717, 1.165) is 33.3 Å². The Hall–Kier alpha value is -4.24. The molecule has 0 aliphatic heterocycles. The number of fused-ring (bicyclic) bond motifs is 2. The van der Waals surface area contributed by atoms with E-state index in [1.807, 2.05) is 53.4 Å². The van der Waals surface area contributed by atoms with E-state index in [1.54, 1.807) is 12.1 Å². The lowest BCUT2D eigenvalue weighted by Gasteiger charge is -2.11. The van der Waals surface area contributed by atoms with E-state index in [4.69, 9.17) is 5.73 Å². The van der Waals surface area contributed by atoms with Crippen molar-refractivity contribution in [2.75, 3.05) is 11.9 Å². The van der Waals surface area contributed by atoms with Crippen LogP contribution in [0.2, 0.25) is 0 Å². The van der Waals surface area contributed by atoms with Gasteiger partial charge in [-0.3, -0.25) is 4.79 Å². The Morgan fingerprint density at radius 3 is 2.78 bits per heavy atom. The second-order valence-corrected chi connectivity index (χ2v) is 7.41. The van der Waals surface area contributed by atoms with Gasteiger partial charge in [0.2, 0.25) is 0 Å². The molecule has 1 amide bonds. The number of hydrogen-bond donors (Lipinski definition) is 3. The number of nitrogens with two attached hydrogens (primary N) is 1. The van der Waals surface area contributed by atoms with E-state index >= 15 is 0 Å². The number of nitrogens with one attached hydrogen (secondary N) is 1. The molecule has 0 radical (unpaired) electrons. The highest BCUT2D eigenvalue weighted by Gasteiger charge is 2.11. The number of benzene rings is 1. The van der Waals surface area contributed by atoms with Gasteiger partial charge in [-0.25, -0.2) is 15.0 Å². The maximum absolute atomic E-state index is 11.4. The number of aromatic nitrogens is 5. The number of carbonyl (C=O) groups excluding carboxylic acids is 1. The van der Waals surface area contributed by atoms with E-state index in [1.165, 1.54) is 6.33 Å². The lowest BCUT2D eigenvalue weighted by atomic mass is 10.2. The molecule has 0 spiro atoms. The highest BCUT2D eigenvalue weighted by atomic mass is 16.3. The Balaban J connectivity index is 1.43. The third kappa shape index (κ3) is 3.65. The predicted molar refractivity (Wildman–Crippen MR) is 122 cm³/mol. The molecule has 9 nitrogen and oxygen atoms in total. The van der Waals surface area contributed by atoms with Crippen LogP contribution in [0.15, 0.2) is 67.3 Å². The number of amides is 1. The first-order valence-electron chi connectivity index (χ1n) is 10.1. The summed E-state index contributed by atoms with van der Waals surface area (Å²) in [7, 11) is 0. The molecule has 0 fully saturated rings. The molecule has 0 aliphatic carbocycles. The molecule has 5 aromatic rings. The van der Waals surface area contributed by atoms with Crippen molar-refractivity contribution in [3.63, 3.8) is 0 Å². The molecule has 0 aliphatic rings. The lowest BCUT2D eigenvalue weighted by molar-refractivity contribution is 0.0995. The number of nitrogens with zero attached hydrogens (tertiary/aromatic N) is 5. The van der Waals surface area contributed by atoms with E-state index in [9.17, 15) is 9.90 Å². The van der Waals surface area contributed by atoms with Crippen LogP contribution in [0.4, 0.5) is 11.5 Å². The molecule has 0 bridgehead atoms. The van der Waals surface area contributed by atoms with Crippen LogP contribution < -0.4 is 11.1 Å². The van der Waals surface area contributed by atoms with Crippen molar-refractivity contribution < 1.29 is 9.90 Å². The van der Waals surface area contributed by atoms with E-state index in [-0.39, 0.29) is 12.3 Å². The van der Waals surface area contributed by atoms with Crippen molar-refractivity contribution >= 4 is 39.3 Å². The minimum Gasteiger partial charge on any atom is -0.395 e. The second kappa shape index (κ2) is 8.12. The van der Waals surface area contributed by atoms with Crippen LogP contribution in [-0.2, 0) is 13.1 Å². The molecule has 32 heavy (non-hydrogen) atoms. The number of rotatable bonds is 7. The van der Waals surface area contributed by atoms with Crippen LogP contribution >= 0.6 is 0 Å². The van der Waals surface area contributed by atoms with Crippen LogP contribution in [0.3, 0.4) is 0 Å². The van der Waals surface area contributed by atoms with Gasteiger partial charge in [-0.15, -0.1) is 0 Å². The Kier molecular flexibility index (Phi) is 5.00. The molecule has 5 rings (SSSR count). The number of aliphatic hydroxyl groups excluding tert-OH is 1. The number of hydrogen-bond acceptors (Lipinski definition) is 6. The molecule has 1 aromatic carbocycles. The Morgan fingerprint density at radius 1 is 1.06 bits per heavy atom. The Bertz CT molecular complexity index is 1440. The molecule has 4 aromatic heterocycles. The van der Waals surface area contributed by atoms with Crippen molar-refractivity contribution in [3.8, 4) is 0 Å². The first kappa shape index (κ1) is 19.7. The summed E-state index contributed by atoms with van der Waals surface area (Å²) in [5.41, 5.74) is 9.95. The zero-order chi connectivity index (χ0) is 22.1. The Labute approximate surface area is 183 Å². The fourth-order valence-electron chi connectivity index (χ4n) is 3.85. The normalized spacial score (nSPS) is 11.3. The van der Waals surface area contributed by atoms with Gasteiger partial charge in [0.15, 0.2) is 5.82 Å². The number of aliphatic hydroxyl groups is 1.